The van der Waals surface area contributed by atoms with Crippen LogP contribution in [0.4, 0.5) is 5.69 Å². The smallest absolute Gasteiger partial charge is 0.141 e. The molecule has 0 aromatic heterocycles. The Balaban J connectivity index is 1.35. The maximum atomic E-state index is 12.8. The second-order valence-electron chi connectivity index (χ2n) is 10.3. The Morgan fingerprint density at radius 3 is 2.26 bits per heavy atom. The van der Waals surface area contributed by atoms with Gasteiger partial charge in [0.25, 0.3) is 0 Å². The maximum absolute atomic E-state index is 12.8. The van der Waals surface area contributed by atoms with E-state index in [1.165, 1.54) is 31.5 Å². The number of likely N-dealkylation sites (tertiary alicyclic amines) is 1. The van der Waals surface area contributed by atoms with Crippen molar-refractivity contribution in [3.8, 4) is 0 Å². The van der Waals surface area contributed by atoms with Crippen LogP contribution in [0.3, 0.4) is 0 Å². The molecule has 2 aliphatic heterocycles. The third-order valence-electron chi connectivity index (χ3n) is 8.26. The van der Waals surface area contributed by atoms with E-state index in [2.05, 4.69) is 68.7 Å². The Kier molecular flexibility index (Phi) is 4.65. The molecule has 0 amide bonds. The molecule has 1 saturated carbocycles. The van der Waals surface area contributed by atoms with Gasteiger partial charge in [0, 0.05) is 43.2 Å². The lowest BCUT2D eigenvalue weighted by molar-refractivity contribution is -0.120. The summed E-state index contributed by atoms with van der Waals surface area (Å²) in [6.07, 6.45) is 4.56. The number of carbonyl (C=O) groups excluding carboxylic acids is 1. The van der Waals surface area contributed by atoms with Gasteiger partial charge in [0.2, 0.25) is 0 Å². The van der Waals surface area contributed by atoms with Gasteiger partial charge in [-0.25, -0.2) is 0 Å². The molecule has 2 heterocycles. The van der Waals surface area contributed by atoms with Gasteiger partial charge in [0.05, 0.1) is 0 Å². The van der Waals surface area contributed by atoms with E-state index in [-0.39, 0.29) is 16.7 Å². The van der Waals surface area contributed by atoms with Crippen molar-refractivity contribution < 1.29 is 4.79 Å². The zero-order chi connectivity index (χ0) is 19.4. The highest BCUT2D eigenvalue weighted by Gasteiger charge is 2.67. The van der Waals surface area contributed by atoms with Crippen molar-refractivity contribution in [2.24, 2.45) is 16.7 Å². The minimum absolute atomic E-state index is 0.140. The molecule has 4 rings (SSSR count). The fraction of sp³-hybridized carbons (Fsp3) is 0.708. The lowest BCUT2D eigenvalue weighted by Gasteiger charge is -2.28. The van der Waals surface area contributed by atoms with Gasteiger partial charge in [0.1, 0.15) is 5.78 Å². The zero-order valence-electron chi connectivity index (χ0n) is 17.8. The zero-order valence-corrected chi connectivity index (χ0v) is 17.8. The summed E-state index contributed by atoms with van der Waals surface area (Å²) in [5.41, 5.74) is 2.75. The first-order valence-electron chi connectivity index (χ1n) is 10.8. The lowest BCUT2D eigenvalue weighted by atomic mass is 10.0. The molecule has 148 valence electrons. The molecule has 2 atom stereocenters. The third-order valence-corrected chi connectivity index (χ3v) is 8.26. The molecule has 1 aromatic carbocycles. The fourth-order valence-corrected chi connectivity index (χ4v) is 5.87. The number of benzene rings is 1. The van der Waals surface area contributed by atoms with E-state index in [1.54, 1.807) is 0 Å². The quantitative estimate of drug-likeness (QED) is 0.762. The molecule has 3 fully saturated rings. The van der Waals surface area contributed by atoms with Gasteiger partial charge < -0.3 is 4.90 Å². The molecule has 2 unspecified atom stereocenters. The van der Waals surface area contributed by atoms with E-state index in [1.807, 2.05) is 0 Å². The first kappa shape index (κ1) is 19.0. The van der Waals surface area contributed by atoms with Gasteiger partial charge in [-0.2, -0.15) is 0 Å². The molecule has 1 aromatic rings. The minimum Gasteiger partial charge on any atom is -0.370 e. The highest BCUT2D eigenvalue weighted by atomic mass is 16.1. The Bertz CT molecular complexity index is 692. The van der Waals surface area contributed by atoms with Gasteiger partial charge in [-0.3, -0.25) is 9.69 Å². The first-order valence-corrected chi connectivity index (χ1v) is 10.8. The summed E-state index contributed by atoms with van der Waals surface area (Å²) in [6, 6.07) is 10.2. The normalized spacial score (nSPS) is 30.0. The molecule has 0 N–H and O–H groups in total. The molecule has 3 nitrogen and oxygen atoms in total. The summed E-state index contributed by atoms with van der Waals surface area (Å²) in [5, 5.41) is 0. The molecular formula is C24H36N2O. The van der Waals surface area contributed by atoms with Crippen LogP contribution in [-0.4, -0.2) is 42.4 Å². The molecule has 0 spiro atoms. The fourth-order valence-electron chi connectivity index (χ4n) is 5.87. The number of rotatable bonds is 5. The SMILES string of the molecule is CC1CCCN1C1CCN(c2ccc(CC(=O)C3C(C)(C)C3(C)C)cc2)C1. The van der Waals surface area contributed by atoms with E-state index in [4.69, 9.17) is 0 Å². The molecule has 0 radical (unpaired) electrons. The lowest BCUT2D eigenvalue weighted by Crippen LogP contribution is -2.39. The van der Waals surface area contributed by atoms with E-state index >= 15 is 0 Å². The number of hydrogen-bond acceptors (Lipinski definition) is 3. The van der Waals surface area contributed by atoms with Crippen LogP contribution in [0.25, 0.3) is 0 Å². The number of anilines is 1. The molecule has 27 heavy (non-hydrogen) atoms. The molecule has 1 aliphatic carbocycles. The Labute approximate surface area is 165 Å². The summed E-state index contributed by atoms with van der Waals surface area (Å²) in [4.78, 5) is 18.0. The van der Waals surface area contributed by atoms with Gasteiger partial charge in [0.15, 0.2) is 0 Å². The van der Waals surface area contributed by atoms with Crippen molar-refractivity contribution >= 4 is 11.5 Å². The molecule has 3 heteroatoms. The predicted molar refractivity (Wildman–Crippen MR) is 112 cm³/mol. The Hall–Kier alpha value is -1.35. The Morgan fingerprint density at radius 1 is 1.04 bits per heavy atom. The highest BCUT2D eigenvalue weighted by molar-refractivity contribution is 5.88. The van der Waals surface area contributed by atoms with E-state index < -0.39 is 0 Å². The predicted octanol–water partition coefficient (Wildman–Crippen LogP) is 4.54. The van der Waals surface area contributed by atoms with Crippen molar-refractivity contribution in [3.63, 3.8) is 0 Å². The molecule has 0 bridgehead atoms. The number of hydrogen-bond donors (Lipinski definition) is 0. The second-order valence-corrected chi connectivity index (χ2v) is 10.3. The average Bonchev–Trinajstić information content (AvgIpc) is 3.07. The van der Waals surface area contributed by atoms with E-state index in [9.17, 15) is 4.79 Å². The average molecular weight is 369 g/mol. The third kappa shape index (κ3) is 3.22. The van der Waals surface area contributed by atoms with Crippen LogP contribution in [0.5, 0.6) is 0 Å². The van der Waals surface area contributed by atoms with Gasteiger partial charge in [-0.1, -0.05) is 39.8 Å². The minimum atomic E-state index is 0.140. The largest absolute Gasteiger partial charge is 0.370 e. The van der Waals surface area contributed by atoms with Crippen molar-refractivity contribution in [1.82, 2.24) is 4.90 Å². The van der Waals surface area contributed by atoms with Crippen LogP contribution in [0.2, 0.25) is 0 Å². The van der Waals surface area contributed by atoms with Crippen LogP contribution in [0.15, 0.2) is 24.3 Å². The van der Waals surface area contributed by atoms with Crippen LogP contribution in [0.1, 0.15) is 59.4 Å². The van der Waals surface area contributed by atoms with Crippen molar-refractivity contribution in [2.75, 3.05) is 24.5 Å². The topological polar surface area (TPSA) is 23.6 Å². The first-order chi connectivity index (χ1) is 12.7. The highest BCUT2D eigenvalue weighted by Crippen LogP contribution is 2.68. The Morgan fingerprint density at radius 2 is 1.70 bits per heavy atom. The van der Waals surface area contributed by atoms with E-state index in [0.29, 0.717) is 18.2 Å². The summed E-state index contributed by atoms with van der Waals surface area (Å²) in [7, 11) is 0. The van der Waals surface area contributed by atoms with Crippen LogP contribution in [0, 0.1) is 16.7 Å². The summed E-state index contributed by atoms with van der Waals surface area (Å²) >= 11 is 0. The van der Waals surface area contributed by atoms with Crippen molar-refractivity contribution in [1.29, 1.82) is 0 Å². The standard InChI is InChI=1S/C24H36N2O/c1-17-7-6-13-26(17)20-12-14-25(16-20)19-10-8-18(9-11-19)15-21(27)22-23(2,3)24(22,4)5/h8-11,17,20,22H,6-7,12-16H2,1-5H3. The van der Waals surface area contributed by atoms with E-state index in [0.717, 1.165) is 24.7 Å². The summed E-state index contributed by atoms with van der Waals surface area (Å²) in [5.74, 6) is 0.605. The number of carbonyl (C=O) groups is 1. The van der Waals surface area contributed by atoms with Crippen molar-refractivity contribution in [2.45, 2.75) is 72.4 Å². The van der Waals surface area contributed by atoms with Crippen LogP contribution < -0.4 is 4.90 Å². The van der Waals surface area contributed by atoms with Gasteiger partial charge >= 0.3 is 0 Å². The monoisotopic (exact) mass is 368 g/mol. The summed E-state index contributed by atoms with van der Waals surface area (Å²) in [6.45, 7) is 14.9. The number of Topliss-reactive ketones (excluding diaryl/α,β-unsaturated/α-hetero) is 1. The van der Waals surface area contributed by atoms with Crippen molar-refractivity contribution in [3.05, 3.63) is 29.8 Å². The molecule has 3 aliphatic rings. The maximum Gasteiger partial charge on any atom is 0.141 e. The molecular weight excluding hydrogens is 332 g/mol. The van der Waals surface area contributed by atoms with Crippen LogP contribution in [-0.2, 0) is 11.2 Å². The van der Waals surface area contributed by atoms with Gasteiger partial charge in [-0.05, 0) is 61.3 Å². The van der Waals surface area contributed by atoms with Crippen LogP contribution >= 0.6 is 0 Å². The summed E-state index contributed by atoms with van der Waals surface area (Å²) < 4.78 is 0. The number of ketones is 1. The second kappa shape index (κ2) is 6.62. The number of nitrogens with zero attached hydrogens (tertiary/aromatic N) is 2. The van der Waals surface area contributed by atoms with Gasteiger partial charge in [-0.15, -0.1) is 0 Å². The molecule has 2 saturated heterocycles.